The highest BCUT2D eigenvalue weighted by Crippen LogP contribution is 2.30. The van der Waals surface area contributed by atoms with Crippen LogP contribution in [0.3, 0.4) is 0 Å². The first-order chi connectivity index (χ1) is 8.39. The van der Waals surface area contributed by atoms with Crippen molar-refractivity contribution in [3.63, 3.8) is 0 Å². The van der Waals surface area contributed by atoms with Crippen LogP contribution >= 0.6 is 0 Å². The predicted octanol–water partition coefficient (Wildman–Crippen LogP) is 3.89. The van der Waals surface area contributed by atoms with Crippen molar-refractivity contribution < 1.29 is 4.39 Å². The van der Waals surface area contributed by atoms with Gasteiger partial charge in [0.1, 0.15) is 0 Å². The van der Waals surface area contributed by atoms with Gasteiger partial charge in [-0.3, -0.25) is 0 Å². The second-order valence-electron chi connectivity index (χ2n) is 5.45. The first-order valence-corrected chi connectivity index (χ1v) is 5.97. The number of halogens is 1. The number of rotatable bonds is 1. The van der Waals surface area contributed by atoms with Crippen LogP contribution in [-0.2, 0) is 5.41 Å². The van der Waals surface area contributed by atoms with Crippen molar-refractivity contribution in [1.82, 2.24) is 9.97 Å². The average Bonchev–Trinajstić information content (AvgIpc) is 2.29. The molecule has 18 heavy (non-hydrogen) atoms. The van der Waals surface area contributed by atoms with E-state index in [0.29, 0.717) is 5.82 Å². The summed E-state index contributed by atoms with van der Waals surface area (Å²) >= 11 is 0. The molecule has 94 valence electrons. The van der Waals surface area contributed by atoms with Crippen molar-refractivity contribution in [3.8, 4) is 11.4 Å². The second-order valence-corrected chi connectivity index (χ2v) is 5.45. The lowest BCUT2D eigenvalue weighted by Crippen LogP contribution is -2.13. The number of nitrogens with zero attached hydrogens (tertiary/aromatic N) is 2. The van der Waals surface area contributed by atoms with Crippen molar-refractivity contribution in [2.45, 2.75) is 33.1 Å². The first-order valence-electron chi connectivity index (χ1n) is 5.97. The van der Waals surface area contributed by atoms with Crippen LogP contribution in [0.15, 0.2) is 30.6 Å². The molecule has 1 aromatic heterocycles. The van der Waals surface area contributed by atoms with Crippen LogP contribution in [-0.4, -0.2) is 9.97 Å². The Balaban J connectivity index is 2.56. The zero-order valence-corrected chi connectivity index (χ0v) is 11.2. The second kappa shape index (κ2) is 4.48. The standard InChI is InChI=1S/C15H17FN2/c1-10-12(14-17-8-11(16)9-18-14)6-5-7-13(10)15(2,3)4/h5-9H,1-4H3. The summed E-state index contributed by atoms with van der Waals surface area (Å²) in [5, 5.41) is 0. The molecule has 2 rings (SSSR count). The van der Waals surface area contributed by atoms with E-state index in [4.69, 9.17) is 0 Å². The van der Waals surface area contributed by atoms with Gasteiger partial charge in [0.25, 0.3) is 0 Å². The molecule has 0 radical (unpaired) electrons. The summed E-state index contributed by atoms with van der Waals surface area (Å²) in [6.07, 6.45) is 2.40. The highest BCUT2D eigenvalue weighted by molar-refractivity contribution is 5.62. The van der Waals surface area contributed by atoms with Gasteiger partial charge in [0, 0.05) is 5.56 Å². The molecule has 0 fully saturated rings. The molecule has 0 bridgehead atoms. The maximum atomic E-state index is 12.8. The molecule has 0 aliphatic heterocycles. The van der Waals surface area contributed by atoms with E-state index >= 15 is 0 Å². The summed E-state index contributed by atoms with van der Waals surface area (Å²) in [7, 11) is 0. The molecule has 1 aromatic carbocycles. The number of hydrogen-bond acceptors (Lipinski definition) is 2. The molecule has 3 heteroatoms. The summed E-state index contributed by atoms with van der Waals surface area (Å²) in [6.45, 7) is 8.57. The molecule has 0 unspecified atom stereocenters. The van der Waals surface area contributed by atoms with Gasteiger partial charge >= 0.3 is 0 Å². The smallest absolute Gasteiger partial charge is 0.159 e. The maximum Gasteiger partial charge on any atom is 0.159 e. The highest BCUT2D eigenvalue weighted by Gasteiger charge is 2.18. The quantitative estimate of drug-likeness (QED) is 0.760. The Bertz CT molecular complexity index is 554. The van der Waals surface area contributed by atoms with Crippen LogP contribution in [0, 0.1) is 12.7 Å². The van der Waals surface area contributed by atoms with E-state index in [1.165, 1.54) is 18.0 Å². The summed E-state index contributed by atoms with van der Waals surface area (Å²) in [4.78, 5) is 8.09. The molecule has 0 amide bonds. The topological polar surface area (TPSA) is 25.8 Å². The van der Waals surface area contributed by atoms with E-state index in [2.05, 4.69) is 43.7 Å². The van der Waals surface area contributed by atoms with Crippen LogP contribution in [0.4, 0.5) is 4.39 Å². The SMILES string of the molecule is Cc1c(-c2ncc(F)cn2)cccc1C(C)(C)C. The first kappa shape index (κ1) is 12.7. The van der Waals surface area contributed by atoms with E-state index in [1.807, 2.05) is 12.1 Å². The molecule has 0 atom stereocenters. The van der Waals surface area contributed by atoms with E-state index in [-0.39, 0.29) is 5.41 Å². The fourth-order valence-corrected chi connectivity index (χ4v) is 2.14. The molecule has 2 nitrogen and oxygen atoms in total. The van der Waals surface area contributed by atoms with Crippen molar-refractivity contribution in [2.24, 2.45) is 0 Å². The van der Waals surface area contributed by atoms with E-state index in [0.717, 1.165) is 11.1 Å². The lowest BCUT2D eigenvalue weighted by Gasteiger charge is -2.23. The lowest BCUT2D eigenvalue weighted by atomic mass is 9.82. The molecule has 0 aliphatic carbocycles. The molecule has 0 N–H and O–H groups in total. The summed E-state index contributed by atoms with van der Waals surface area (Å²) < 4.78 is 12.8. The third-order valence-corrected chi connectivity index (χ3v) is 3.00. The Kier molecular flexibility index (Phi) is 3.16. The minimum atomic E-state index is -0.414. The zero-order chi connectivity index (χ0) is 13.3. The van der Waals surface area contributed by atoms with Gasteiger partial charge in [-0.15, -0.1) is 0 Å². The fraction of sp³-hybridized carbons (Fsp3) is 0.333. The van der Waals surface area contributed by atoms with E-state index < -0.39 is 5.82 Å². The normalized spacial score (nSPS) is 11.6. The minimum absolute atomic E-state index is 0.0696. The van der Waals surface area contributed by atoms with Crippen molar-refractivity contribution >= 4 is 0 Å². The van der Waals surface area contributed by atoms with Crippen molar-refractivity contribution in [3.05, 3.63) is 47.5 Å². The zero-order valence-electron chi connectivity index (χ0n) is 11.2. The van der Waals surface area contributed by atoms with Crippen LogP contribution < -0.4 is 0 Å². The third kappa shape index (κ3) is 2.40. The third-order valence-electron chi connectivity index (χ3n) is 3.00. The number of hydrogen-bond donors (Lipinski definition) is 0. The molecule has 0 aliphatic rings. The van der Waals surface area contributed by atoms with Gasteiger partial charge in [-0.05, 0) is 23.5 Å². The van der Waals surface area contributed by atoms with Crippen LogP contribution in [0.2, 0.25) is 0 Å². The van der Waals surface area contributed by atoms with Gasteiger partial charge in [0.15, 0.2) is 11.6 Å². The number of aromatic nitrogens is 2. The van der Waals surface area contributed by atoms with Gasteiger partial charge in [-0.1, -0.05) is 39.0 Å². The molecule has 0 spiro atoms. The molecule has 2 aromatic rings. The molecular formula is C15H17FN2. The highest BCUT2D eigenvalue weighted by atomic mass is 19.1. The van der Waals surface area contributed by atoms with Crippen LogP contribution in [0.5, 0.6) is 0 Å². The lowest BCUT2D eigenvalue weighted by molar-refractivity contribution is 0.586. The van der Waals surface area contributed by atoms with Crippen molar-refractivity contribution in [2.75, 3.05) is 0 Å². The summed E-state index contributed by atoms with van der Waals surface area (Å²) in [5.74, 6) is 0.156. The Morgan fingerprint density at radius 3 is 2.22 bits per heavy atom. The Morgan fingerprint density at radius 2 is 1.67 bits per heavy atom. The average molecular weight is 244 g/mol. The fourth-order valence-electron chi connectivity index (χ4n) is 2.14. The number of benzene rings is 1. The Morgan fingerprint density at radius 1 is 1.06 bits per heavy atom. The summed E-state index contributed by atoms with van der Waals surface area (Å²) in [5.41, 5.74) is 3.44. The van der Waals surface area contributed by atoms with Crippen LogP contribution in [0.25, 0.3) is 11.4 Å². The van der Waals surface area contributed by atoms with Crippen molar-refractivity contribution in [1.29, 1.82) is 0 Å². The Labute approximate surface area is 107 Å². The van der Waals surface area contributed by atoms with Gasteiger partial charge in [0.05, 0.1) is 12.4 Å². The Hall–Kier alpha value is -1.77. The van der Waals surface area contributed by atoms with Gasteiger partial charge in [-0.2, -0.15) is 0 Å². The molecule has 1 heterocycles. The summed E-state index contributed by atoms with van der Waals surface area (Å²) in [6, 6.07) is 6.08. The molecule has 0 saturated heterocycles. The van der Waals surface area contributed by atoms with Gasteiger partial charge in [-0.25, -0.2) is 14.4 Å². The molecular weight excluding hydrogens is 227 g/mol. The van der Waals surface area contributed by atoms with Gasteiger partial charge < -0.3 is 0 Å². The molecule has 0 saturated carbocycles. The van der Waals surface area contributed by atoms with Gasteiger partial charge in [0.2, 0.25) is 0 Å². The predicted molar refractivity (Wildman–Crippen MR) is 70.9 cm³/mol. The minimum Gasteiger partial charge on any atom is -0.233 e. The van der Waals surface area contributed by atoms with E-state index in [1.54, 1.807) is 0 Å². The maximum absolute atomic E-state index is 12.8. The van der Waals surface area contributed by atoms with E-state index in [9.17, 15) is 4.39 Å². The van der Waals surface area contributed by atoms with Crippen LogP contribution in [0.1, 0.15) is 31.9 Å². The largest absolute Gasteiger partial charge is 0.233 e. The monoisotopic (exact) mass is 244 g/mol.